The maximum atomic E-state index is 11.7. The van der Waals surface area contributed by atoms with E-state index in [4.69, 9.17) is 0 Å². The maximum absolute atomic E-state index is 11.7. The standard InChI is InChI=1S/C5H7F3O2/c1-3-9-2-4(10-3)5(6,7)8/h3-4H,2H2,1H3. The molecule has 5 heteroatoms. The van der Waals surface area contributed by atoms with Gasteiger partial charge in [-0.1, -0.05) is 0 Å². The summed E-state index contributed by atoms with van der Waals surface area (Å²) in [6.45, 7) is 1.05. The highest BCUT2D eigenvalue weighted by Crippen LogP contribution is 2.27. The molecule has 60 valence electrons. The van der Waals surface area contributed by atoms with Gasteiger partial charge in [-0.15, -0.1) is 0 Å². The van der Waals surface area contributed by atoms with E-state index < -0.39 is 18.6 Å². The predicted octanol–water partition coefficient (Wildman–Crippen LogP) is 1.31. The lowest BCUT2D eigenvalue weighted by molar-refractivity contribution is -0.212. The second-order valence-corrected chi connectivity index (χ2v) is 2.07. The van der Waals surface area contributed by atoms with Crippen LogP contribution in [0.4, 0.5) is 13.2 Å². The van der Waals surface area contributed by atoms with Gasteiger partial charge >= 0.3 is 6.18 Å². The second-order valence-electron chi connectivity index (χ2n) is 2.07. The molecule has 0 radical (unpaired) electrons. The lowest BCUT2D eigenvalue weighted by Crippen LogP contribution is -2.30. The third-order valence-electron chi connectivity index (χ3n) is 1.20. The number of rotatable bonds is 0. The molecule has 1 rings (SSSR count). The molecule has 0 aromatic rings. The topological polar surface area (TPSA) is 18.5 Å². The molecule has 1 aliphatic heterocycles. The molecule has 0 amide bonds. The highest BCUT2D eigenvalue weighted by molar-refractivity contribution is 4.71. The van der Waals surface area contributed by atoms with Crippen LogP contribution in [0.3, 0.4) is 0 Å². The van der Waals surface area contributed by atoms with E-state index in [1.54, 1.807) is 0 Å². The van der Waals surface area contributed by atoms with Gasteiger partial charge in [0.25, 0.3) is 0 Å². The van der Waals surface area contributed by atoms with Crippen molar-refractivity contribution in [3.8, 4) is 0 Å². The molecular weight excluding hydrogens is 149 g/mol. The van der Waals surface area contributed by atoms with E-state index in [-0.39, 0.29) is 6.61 Å². The molecule has 2 nitrogen and oxygen atoms in total. The Morgan fingerprint density at radius 1 is 1.40 bits per heavy atom. The van der Waals surface area contributed by atoms with E-state index in [0.29, 0.717) is 0 Å². The molecule has 0 aromatic heterocycles. The molecule has 0 aliphatic carbocycles. The first-order valence-corrected chi connectivity index (χ1v) is 2.84. The van der Waals surface area contributed by atoms with Crippen LogP contribution in [-0.4, -0.2) is 25.2 Å². The number of ether oxygens (including phenoxy) is 2. The summed E-state index contributed by atoms with van der Waals surface area (Å²) in [7, 11) is 0. The van der Waals surface area contributed by atoms with Crippen LogP contribution < -0.4 is 0 Å². The average Bonchev–Trinajstić information content (AvgIpc) is 2.11. The van der Waals surface area contributed by atoms with Crippen molar-refractivity contribution < 1.29 is 22.6 Å². The molecule has 0 bridgehead atoms. The minimum absolute atomic E-state index is 0.384. The molecule has 2 atom stereocenters. The van der Waals surface area contributed by atoms with Gasteiger partial charge in [0, 0.05) is 0 Å². The van der Waals surface area contributed by atoms with E-state index >= 15 is 0 Å². The number of hydrogen-bond donors (Lipinski definition) is 0. The molecule has 0 spiro atoms. The normalized spacial score (nSPS) is 34.8. The highest BCUT2D eigenvalue weighted by atomic mass is 19.4. The van der Waals surface area contributed by atoms with Crippen LogP contribution in [0.25, 0.3) is 0 Å². The Balaban J connectivity index is 2.45. The minimum atomic E-state index is -4.29. The average molecular weight is 156 g/mol. The lowest BCUT2D eigenvalue weighted by Gasteiger charge is -2.11. The summed E-state index contributed by atoms with van der Waals surface area (Å²) in [5.74, 6) is 0. The van der Waals surface area contributed by atoms with E-state index in [9.17, 15) is 13.2 Å². The quantitative estimate of drug-likeness (QED) is 0.526. The number of halogens is 3. The van der Waals surface area contributed by atoms with Gasteiger partial charge in [-0.2, -0.15) is 13.2 Å². The molecule has 2 unspecified atom stereocenters. The first kappa shape index (κ1) is 7.81. The summed E-state index contributed by atoms with van der Waals surface area (Å²) in [6.07, 6.45) is -6.75. The van der Waals surface area contributed by atoms with E-state index in [1.807, 2.05) is 0 Å². The molecule has 0 aromatic carbocycles. The lowest BCUT2D eigenvalue weighted by atomic mass is 10.4. The van der Waals surface area contributed by atoms with Crippen LogP contribution in [0.15, 0.2) is 0 Å². The minimum Gasteiger partial charge on any atom is -0.350 e. The van der Waals surface area contributed by atoms with Gasteiger partial charge in [-0.3, -0.25) is 0 Å². The first-order chi connectivity index (χ1) is 4.50. The summed E-state index contributed by atoms with van der Waals surface area (Å²) in [4.78, 5) is 0. The van der Waals surface area contributed by atoms with Crippen molar-refractivity contribution >= 4 is 0 Å². The van der Waals surface area contributed by atoms with Gasteiger partial charge in [0.2, 0.25) is 0 Å². The fourth-order valence-corrected chi connectivity index (χ4v) is 0.704. The van der Waals surface area contributed by atoms with Crippen LogP contribution in [0.1, 0.15) is 6.92 Å². The molecule has 1 fully saturated rings. The Hall–Kier alpha value is -0.290. The molecule has 1 aliphatic rings. The number of alkyl halides is 3. The molecule has 1 heterocycles. The first-order valence-electron chi connectivity index (χ1n) is 2.84. The predicted molar refractivity (Wildman–Crippen MR) is 26.3 cm³/mol. The molecular formula is C5H7F3O2. The molecule has 0 N–H and O–H groups in total. The van der Waals surface area contributed by atoms with Crippen molar-refractivity contribution in [2.75, 3.05) is 6.61 Å². The third kappa shape index (κ3) is 1.60. The van der Waals surface area contributed by atoms with Crippen LogP contribution in [0.5, 0.6) is 0 Å². The van der Waals surface area contributed by atoms with Gasteiger partial charge in [-0.25, -0.2) is 0 Å². The van der Waals surface area contributed by atoms with Gasteiger partial charge in [0.05, 0.1) is 6.61 Å². The Kier molecular flexibility index (Phi) is 1.87. The Morgan fingerprint density at radius 3 is 2.20 bits per heavy atom. The van der Waals surface area contributed by atoms with E-state index in [2.05, 4.69) is 9.47 Å². The SMILES string of the molecule is CC1OCC(C(F)(F)F)O1. The van der Waals surface area contributed by atoms with Crippen LogP contribution in [0, 0.1) is 0 Å². The zero-order valence-electron chi connectivity index (χ0n) is 5.31. The van der Waals surface area contributed by atoms with Gasteiger partial charge in [0.15, 0.2) is 12.4 Å². The zero-order chi connectivity index (χ0) is 7.78. The fourth-order valence-electron chi connectivity index (χ4n) is 0.704. The van der Waals surface area contributed by atoms with Gasteiger partial charge < -0.3 is 9.47 Å². The summed E-state index contributed by atoms with van der Waals surface area (Å²) in [5.41, 5.74) is 0. The summed E-state index contributed by atoms with van der Waals surface area (Å²) >= 11 is 0. The molecule has 0 saturated carbocycles. The van der Waals surface area contributed by atoms with Crippen molar-refractivity contribution in [2.24, 2.45) is 0 Å². The van der Waals surface area contributed by atoms with E-state index in [1.165, 1.54) is 6.92 Å². The van der Waals surface area contributed by atoms with E-state index in [0.717, 1.165) is 0 Å². The maximum Gasteiger partial charge on any atom is 0.417 e. The monoisotopic (exact) mass is 156 g/mol. The van der Waals surface area contributed by atoms with Crippen molar-refractivity contribution in [1.29, 1.82) is 0 Å². The van der Waals surface area contributed by atoms with Crippen molar-refractivity contribution in [1.82, 2.24) is 0 Å². The Labute approximate surface area is 55.9 Å². The summed E-state index contributed by atoms with van der Waals surface area (Å²) in [6, 6.07) is 0. The Bertz CT molecular complexity index is 123. The van der Waals surface area contributed by atoms with Gasteiger partial charge in [0.1, 0.15) is 0 Å². The zero-order valence-corrected chi connectivity index (χ0v) is 5.31. The van der Waals surface area contributed by atoms with Crippen LogP contribution in [0.2, 0.25) is 0 Å². The molecule has 10 heavy (non-hydrogen) atoms. The summed E-state index contributed by atoms with van der Waals surface area (Å²) in [5, 5.41) is 0. The van der Waals surface area contributed by atoms with Crippen LogP contribution in [-0.2, 0) is 9.47 Å². The smallest absolute Gasteiger partial charge is 0.350 e. The second kappa shape index (κ2) is 2.39. The Morgan fingerprint density at radius 2 is 2.00 bits per heavy atom. The van der Waals surface area contributed by atoms with Crippen molar-refractivity contribution in [3.63, 3.8) is 0 Å². The largest absolute Gasteiger partial charge is 0.417 e. The highest BCUT2D eigenvalue weighted by Gasteiger charge is 2.45. The van der Waals surface area contributed by atoms with Crippen molar-refractivity contribution in [3.05, 3.63) is 0 Å². The van der Waals surface area contributed by atoms with Gasteiger partial charge in [-0.05, 0) is 6.92 Å². The van der Waals surface area contributed by atoms with Crippen LogP contribution >= 0.6 is 0 Å². The number of hydrogen-bond acceptors (Lipinski definition) is 2. The van der Waals surface area contributed by atoms with Crippen molar-refractivity contribution in [2.45, 2.75) is 25.5 Å². The fraction of sp³-hybridized carbons (Fsp3) is 1.00. The third-order valence-corrected chi connectivity index (χ3v) is 1.20. The molecule has 1 saturated heterocycles. The summed E-state index contributed by atoms with van der Waals surface area (Å²) < 4.78 is 44.1.